The minimum atomic E-state index is -3.54. The highest BCUT2D eigenvalue weighted by atomic mass is 32.2. The molecule has 9 heteroatoms. The van der Waals surface area contributed by atoms with Gasteiger partial charge in [-0.2, -0.15) is 4.31 Å². The number of hydrogen-bond acceptors (Lipinski definition) is 5. The molecule has 29 heavy (non-hydrogen) atoms. The van der Waals surface area contributed by atoms with E-state index in [4.69, 9.17) is 0 Å². The van der Waals surface area contributed by atoms with Gasteiger partial charge < -0.3 is 5.32 Å². The van der Waals surface area contributed by atoms with E-state index < -0.39 is 10.0 Å². The fraction of sp³-hybridized carbons (Fsp3) is 0.550. The van der Waals surface area contributed by atoms with Gasteiger partial charge in [0.1, 0.15) is 0 Å². The maximum Gasteiger partial charge on any atom is 0.251 e. The maximum absolute atomic E-state index is 12.7. The lowest BCUT2D eigenvalue weighted by atomic mass is 10.0. The van der Waals surface area contributed by atoms with Gasteiger partial charge >= 0.3 is 0 Å². The third kappa shape index (κ3) is 5.02. The number of piperidine rings is 1. The Labute approximate surface area is 171 Å². The van der Waals surface area contributed by atoms with Crippen LogP contribution in [0.15, 0.2) is 29.2 Å². The van der Waals surface area contributed by atoms with Crippen molar-refractivity contribution in [3.05, 3.63) is 29.8 Å². The number of nitrogens with zero attached hydrogens (tertiary/aromatic N) is 2. The molecule has 2 saturated heterocycles. The van der Waals surface area contributed by atoms with Crippen LogP contribution < -0.4 is 5.32 Å². The van der Waals surface area contributed by atoms with Gasteiger partial charge in [0, 0.05) is 44.6 Å². The van der Waals surface area contributed by atoms with Gasteiger partial charge in [-0.25, -0.2) is 8.42 Å². The Hall–Kier alpha value is -2.26. The van der Waals surface area contributed by atoms with E-state index in [1.54, 1.807) is 0 Å². The molecule has 0 aromatic heterocycles. The van der Waals surface area contributed by atoms with Crippen molar-refractivity contribution >= 4 is 27.7 Å². The summed E-state index contributed by atoms with van der Waals surface area (Å²) in [4.78, 5) is 36.8. The minimum Gasteiger partial charge on any atom is -0.352 e. The number of carbonyl (C=O) groups excluding carboxylic acids is 3. The summed E-state index contributed by atoms with van der Waals surface area (Å²) >= 11 is 0. The number of likely N-dealkylation sites (tertiary alicyclic amines) is 1. The van der Waals surface area contributed by atoms with Crippen LogP contribution in [0, 0.1) is 5.92 Å². The second-order valence-electron chi connectivity index (χ2n) is 7.66. The Morgan fingerprint density at radius 1 is 1.07 bits per heavy atom. The van der Waals surface area contributed by atoms with Gasteiger partial charge in [0.2, 0.25) is 21.8 Å². The first-order valence-corrected chi connectivity index (χ1v) is 11.4. The van der Waals surface area contributed by atoms with Crippen LogP contribution in [-0.4, -0.2) is 61.5 Å². The molecule has 2 heterocycles. The second kappa shape index (κ2) is 9.04. The van der Waals surface area contributed by atoms with E-state index in [1.165, 1.54) is 33.5 Å². The van der Waals surface area contributed by atoms with E-state index in [1.807, 2.05) is 0 Å². The molecule has 2 aliphatic rings. The average Bonchev–Trinajstić information content (AvgIpc) is 3.03. The second-order valence-corrected chi connectivity index (χ2v) is 9.60. The zero-order chi connectivity index (χ0) is 21.0. The SMILES string of the molecule is CC1CCN(S(=O)(=O)c2ccc(C(=O)NCCCN3C(=O)CCC3=O)cc2)CC1. The summed E-state index contributed by atoms with van der Waals surface area (Å²) in [5.41, 5.74) is 0.365. The highest BCUT2D eigenvalue weighted by Crippen LogP contribution is 2.23. The van der Waals surface area contributed by atoms with Gasteiger partial charge in [-0.05, 0) is 49.4 Å². The van der Waals surface area contributed by atoms with Gasteiger partial charge in [0.25, 0.3) is 5.91 Å². The van der Waals surface area contributed by atoms with Crippen molar-refractivity contribution in [3.63, 3.8) is 0 Å². The molecule has 1 aromatic carbocycles. The first-order chi connectivity index (χ1) is 13.8. The zero-order valence-electron chi connectivity index (χ0n) is 16.6. The molecule has 3 amide bonds. The van der Waals surface area contributed by atoms with Crippen molar-refractivity contribution in [2.24, 2.45) is 5.92 Å². The monoisotopic (exact) mass is 421 g/mol. The molecular weight excluding hydrogens is 394 g/mol. The van der Waals surface area contributed by atoms with Crippen LogP contribution in [0.4, 0.5) is 0 Å². The Morgan fingerprint density at radius 3 is 2.24 bits per heavy atom. The quantitative estimate of drug-likeness (QED) is 0.529. The van der Waals surface area contributed by atoms with Crippen molar-refractivity contribution < 1.29 is 22.8 Å². The minimum absolute atomic E-state index is 0.165. The first kappa shape index (κ1) is 21.4. The number of carbonyl (C=O) groups is 3. The first-order valence-electron chi connectivity index (χ1n) is 10.0. The van der Waals surface area contributed by atoms with Crippen LogP contribution in [0.3, 0.4) is 0 Å². The van der Waals surface area contributed by atoms with Crippen LogP contribution in [-0.2, 0) is 19.6 Å². The lowest BCUT2D eigenvalue weighted by molar-refractivity contribution is -0.138. The van der Waals surface area contributed by atoms with Crippen LogP contribution in [0.25, 0.3) is 0 Å². The van der Waals surface area contributed by atoms with Gasteiger partial charge in [0.15, 0.2) is 0 Å². The molecule has 0 unspecified atom stereocenters. The van der Waals surface area contributed by atoms with Gasteiger partial charge in [0.05, 0.1) is 4.90 Å². The summed E-state index contributed by atoms with van der Waals surface area (Å²) in [7, 11) is -3.54. The van der Waals surface area contributed by atoms with Gasteiger partial charge in [-0.1, -0.05) is 6.92 Å². The average molecular weight is 422 g/mol. The molecule has 0 radical (unpaired) electrons. The van der Waals surface area contributed by atoms with E-state index in [2.05, 4.69) is 12.2 Å². The third-order valence-corrected chi connectivity index (χ3v) is 7.41. The summed E-state index contributed by atoms with van der Waals surface area (Å²) in [6.45, 7) is 3.78. The number of hydrogen-bond donors (Lipinski definition) is 1. The van der Waals surface area contributed by atoms with Crippen molar-refractivity contribution in [1.29, 1.82) is 0 Å². The Bertz CT molecular complexity index is 858. The molecule has 8 nitrogen and oxygen atoms in total. The fourth-order valence-electron chi connectivity index (χ4n) is 3.57. The van der Waals surface area contributed by atoms with Crippen molar-refractivity contribution in [2.75, 3.05) is 26.2 Å². The van der Waals surface area contributed by atoms with Crippen molar-refractivity contribution in [3.8, 4) is 0 Å². The largest absolute Gasteiger partial charge is 0.352 e. The van der Waals surface area contributed by atoms with E-state index in [0.717, 1.165) is 12.8 Å². The topological polar surface area (TPSA) is 104 Å². The highest BCUT2D eigenvalue weighted by molar-refractivity contribution is 7.89. The Morgan fingerprint density at radius 2 is 1.66 bits per heavy atom. The summed E-state index contributed by atoms with van der Waals surface area (Å²) in [6, 6.07) is 5.93. The van der Waals surface area contributed by atoms with E-state index in [-0.39, 0.29) is 35.5 Å². The predicted molar refractivity (Wildman–Crippen MR) is 107 cm³/mol. The molecule has 2 fully saturated rings. The molecule has 3 rings (SSSR count). The summed E-state index contributed by atoms with van der Waals surface area (Å²) in [6.07, 6.45) is 2.71. The fourth-order valence-corrected chi connectivity index (χ4v) is 5.04. The molecule has 0 spiro atoms. The van der Waals surface area contributed by atoms with Crippen LogP contribution in [0.1, 0.15) is 49.4 Å². The van der Waals surface area contributed by atoms with Crippen LogP contribution in [0.5, 0.6) is 0 Å². The standard InChI is InChI=1S/C20H27N3O5S/c1-15-9-13-22(14-10-15)29(27,28)17-5-3-16(4-6-17)20(26)21-11-2-12-23-18(24)7-8-19(23)25/h3-6,15H,2,7-14H2,1H3,(H,21,26). The van der Waals surface area contributed by atoms with Gasteiger partial charge in [-0.3, -0.25) is 19.3 Å². The molecule has 0 bridgehead atoms. The van der Waals surface area contributed by atoms with Gasteiger partial charge in [-0.15, -0.1) is 0 Å². The number of sulfonamides is 1. The number of rotatable bonds is 7. The third-order valence-electron chi connectivity index (χ3n) is 5.50. The Kier molecular flexibility index (Phi) is 6.69. The number of nitrogens with one attached hydrogen (secondary N) is 1. The van der Waals surface area contributed by atoms with Crippen molar-refractivity contribution in [1.82, 2.24) is 14.5 Å². The number of imide groups is 1. The summed E-state index contributed by atoms with van der Waals surface area (Å²) in [5.74, 6) is -0.114. The van der Waals surface area contributed by atoms with Crippen molar-refractivity contribution in [2.45, 2.75) is 43.9 Å². The van der Waals surface area contributed by atoms with Crippen LogP contribution >= 0.6 is 0 Å². The maximum atomic E-state index is 12.7. The highest BCUT2D eigenvalue weighted by Gasteiger charge is 2.29. The van der Waals surface area contributed by atoms with Crippen LogP contribution in [0.2, 0.25) is 0 Å². The zero-order valence-corrected chi connectivity index (χ0v) is 17.4. The molecule has 1 aromatic rings. The Balaban J connectivity index is 1.51. The smallest absolute Gasteiger partial charge is 0.251 e. The molecule has 158 valence electrons. The lowest BCUT2D eigenvalue weighted by Crippen LogP contribution is -2.37. The molecule has 1 N–H and O–H groups in total. The van der Waals surface area contributed by atoms with E-state index in [9.17, 15) is 22.8 Å². The summed E-state index contributed by atoms with van der Waals surface area (Å²) < 4.78 is 27.0. The predicted octanol–water partition coefficient (Wildman–Crippen LogP) is 1.38. The molecule has 2 aliphatic heterocycles. The lowest BCUT2D eigenvalue weighted by Gasteiger charge is -2.29. The normalized spacial score (nSPS) is 19.0. The molecule has 0 saturated carbocycles. The number of amides is 3. The summed E-state index contributed by atoms with van der Waals surface area (Å²) in [5, 5.41) is 2.73. The van der Waals surface area contributed by atoms with E-state index >= 15 is 0 Å². The van der Waals surface area contributed by atoms with E-state index in [0.29, 0.717) is 44.1 Å². The molecule has 0 atom stereocenters. The molecular formula is C20H27N3O5S. The molecule has 0 aliphatic carbocycles. The number of benzene rings is 1.